The molecule has 158 valence electrons. The lowest BCUT2D eigenvalue weighted by Gasteiger charge is -2.44. The van der Waals surface area contributed by atoms with E-state index in [2.05, 4.69) is 74.0 Å². The van der Waals surface area contributed by atoms with Crippen molar-refractivity contribution in [1.29, 1.82) is 0 Å². The Kier molecular flexibility index (Phi) is 6.75. The van der Waals surface area contributed by atoms with Crippen molar-refractivity contribution in [2.24, 2.45) is 7.05 Å². The summed E-state index contributed by atoms with van der Waals surface area (Å²) in [6.07, 6.45) is 1.15. The monoisotopic (exact) mass is 397 g/mol. The summed E-state index contributed by atoms with van der Waals surface area (Å²) in [5, 5.41) is 4.53. The number of carbonyl (C=O) groups excluding carboxylic acids is 1. The third-order valence-electron chi connectivity index (χ3n) is 5.86. The number of aromatic nitrogens is 2. The van der Waals surface area contributed by atoms with Crippen LogP contribution in [0.25, 0.3) is 11.3 Å². The summed E-state index contributed by atoms with van der Waals surface area (Å²) >= 11 is 0. The van der Waals surface area contributed by atoms with Crippen LogP contribution >= 0.6 is 0 Å². The summed E-state index contributed by atoms with van der Waals surface area (Å²) in [5.74, 6) is 0.0330. The second-order valence-electron chi connectivity index (χ2n) is 8.71. The smallest absolute Gasteiger partial charge is 0.274 e. The van der Waals surface area contributed by atoms with Gasteiger partial charge >= 0.3 is 0 Å². The van der Waals surface area contributed by atoms with E-state index in [1.165, 1.54) is 5.56 Å². The Morgan fingerprint density at radius 1 is 1.14 bits per heavy atom. The van der Waals surface area contributed by atoms with E-state index >= 15 is 0 Å². The number of rotatable bonds is 6. The topological polar surface area (TPSA) is 44.6 Å². The fourth-order valence-electron chi connectivity index (χ4n) is 4.26. The summed E-state index contributed by atoms with van der Waals surface area (Å²) in [5.41, 5.74) is 3.80. The van der Waals surface area contributed by atoms with Crippen molar-refractivity contribution in [3.05, 3.63) is 41.6 Å². The van der Waals surface area contributed by atoms with E-state index in [4.69, 9.17) is 0 Å². The molecule has 0 aliphatic carbocycles. The van der Waals surface area contributed by atoms with Gasteiger partial charge in [0.2, 0.25) is 0 Å². The van der Waals surface area contributed by atoms with E-state index in [-0.39, 0.29) is 5.91 Å². The second-order valence-corrected chi connectivity index (χ2v) is 8.71. The molecule has 2 atom stereocenters. The molecule has 1 aromatic heterocycles. The molecular weight excluding hydrogens is 362 g/mol. The molecule has 0 saturated carbocycles. The Hall–Kier alpha value is -2.18. The van der Waals surface area contributed by atoms with Gasteiger partial charge in [-0.05, 0) is 59.5 Å². The van der Waals surface area contributed by atoms with Crippen molar-refractivity contribution >= 4 is 5.91 Å². The lowest BCUT2D eigenvalue weighted by atomic mass is 10.1. The zero-order valence-corrected chi connectivity index (χ0v) is 18.7. The van der Waals surface area contributed by atoms with Crippen LogP contribution in [0.3, 0.4) is 0 Å². The van der Waals surface area contributed by atoms with Crippen molar-refractivity contribution in [3.63, 3.8) is 0 Å². The zero-order chi connectivity index (χ0) is 21.1. The summed E-state index contributed by atoms with van der Waals surface area (Å²) in [7, 11) is 6.13. The van der Waals surface area contributed by atoms with Gasteiger partial charge in [-0.3, -0.25) is 14.4 Å². The quantitative estimate of drug-likeness (QED) is 0.752. The number of benzene rings is 1. The second kappa shape index (κ2) is 9.09. The summed E-state index contributed by atoms with van der Waals surface area (Å²) in [6, 6.07) is 11.0. The Labute approximate surface area is 175 Å². The number of piperazine rings is 1. The van der Waals surface area contributed by atoms with Crippen molar-refractivity contribution < 1.29 is 4.79 Å². The highest BCUT2D eigenvalue weighted by Gasteiger charge is 2.32. The minimum Gasteiger partial charge on any atom is -0.334 e. The molecule has 1 aliphatic rings. The van der Waals surface area contributed by atoms with Gasteiger partial charge in [-0.1, -0.05) is 29.8 Å². The molecular formula is C23H35N5O. The average molecular weight is 398 g/mol. The third kappa shape index (κ3) is 5.06. The molecule has 0 radical (unpaired) electrons. The highest BCUT2D eigenvalue weighted by molar-refractivity contribution is 5.93. The van der Waals surface area contributed by atoms with Gasteiger partial charge in [0.15, 0.2) is 5.69 Å². The summed E-state index contributed by atoms with van der Waals surface area (Å²) < 4.78 is 1.81. The highest BCUT2D eigenvalue weighted by Crippen LogP contribution is 2.23. The van der Waals surface area contributed by atoms with E-state index in [1.54, 1.807) is 0 Å². The summed E-state index contributed by atoms with van der Waals surface area (Å²) in [6.45, 7) is 10.2. The van der Waals surface area contributed by atoms with E-state index in [0.717, 1.165) is 43.9 Å². The maximum absolute atomic E-state index is 13.2. The molecule has 0 N–H and O–H groups in total. The maximum atomic E-state index is 13.2. The van der Waals surface area contributed by atoms with Gasteiger partial charge in [0.25, 0.3) is 5.91 Å². The molecule has 2 unspecified atom stereocenters. The molecule has 6 heteroatoms. The van der Waals surface area contributed by atoms with Crippen LogP contribution in [-0.4, -0.2) is 82.7 Å². The van der Waals surface area contributed by atoms with E-state index in [1.807, 2.05) is 22.7 Å². The molecule has 1 fully saturated rings. The van der Waals surface area contributed by atoms with E-state index in [9.17, 15) is 4.79 Å². The van der Waals surface area contributed by atoms with Crippen LogP contribution in [0, 0.1) is 6.92 Å². The van der Waals surface area contributed by atoms with Crippen molar-refractivity contribution in [2.75, 3.05) is 40.3 Å². The first kappa shape index (κ1) is 21.5. The molecule has 6 nitrogen and oxygen atoms in total. The molecule has 1 aliphatic heterocycles. The number of aryl methyl sites for hydroxylation is 2. The number of carbonyl (C=O) groups is 1. The molecule has 29 heavy (non-hydrogen) atoms. The minimum absolute atomic E-state index is 0.0330. The number of hydrogen-bond acceptors (Lipinski definition) is 4. The Morgan fingerprint density at radius 3 is 2.34 bits per heavy atom. The fourth-order valence-corrected chi connectivity index (χ4v) is 4.26. The van der Waals surface area contributed by atoms with Gasteiger partial charge in [-0.25, -0.2) is 0 Å². The molecule has 0 spiro atoms. The fraction of sp³-hybridized carbons (Fsp3) is 0.565. The van der Waals surface area contributed by atoms with Gasteiger partial charge in [0.05, 0.1) is 5.69 Å². The molecule has 2 aromatic rings. The molecule has 1 amide bonds. The molecule has 0 bridgehead atoms. The van der Waals surface area contributed by atoms with Crippen LogP contribution < -0.4 is 0 Å². The third-order valence-corrected chi connectivity index (χ3v) is 5.86. The molecule has 1 aromatic carbocycles. The van der Waals surface area contributed by atoms with Gasteiger partial charge in [0.1, 0.15) is 0 Å². The van der Waals surface area contributed by atoms with Crippen molar-refractivity contribution in [2.45, 2.75) is 39.3 Å². The summed E-state index contributed by atoms with van der Waals surface area (Å²) in [4.78, 5) is 19.9. The standard InChI is InChI=1S/C23H35N5O/c1-17-8-10-20(11-9-17)22-14-21(24-26(22)6)23(29)27-15-18(2)28(19(3)16-27)13-7-12-25(4)5/h8-11,14,18-19H,7,12-13,15-16H2,1-6H3. The van der Waals surface area contributed by atoms with Gasteiger partial charge in [0, 0.05) is 38.8 Å². The number of nitrogens with zero attached hydrogens (tertiary/aromatic N) is 5. The lowest BCUT2D eigenvalue weighted by molar-refractivity contribution is 0.0290. The molecule has 2 heterocycles. The molecule has 1 saturated heterocycles. The maximum Gasteiger partial charge on any atom is 0.274 e. The van der Waals surface area contributed by atoms with Crippen molar-refractivity contribution in [1.82, 2.24) is 24.5 Å². The van der Waals surface area contributed by atoms with Gasteiger partial charge in [-0.2, -0.15) is 5.10 Å². The zero-order valence-electron chi connectivity index (χ0n) is 18.7. The lowest BCUT2D eigenvalue weighted by Crippen LogP contribution is -2.58. The molecule has 3 rings (SSSR count). The predicted molar refractivity (Wildman–Crippen MR) is 118 cm³/mol. The van der Waals surface area contributed by atoms with Crippen LogP contribution in [0.2, 0.25) is 0 Å². The Bertz CT molecular complexity index is 814. The van der Waals surface area contributed by atoms with Crippen molar-refractivity contribution in [3.8, 4) is 11.3 Å². The van der Waals surface area contributed by atoms with Gasteiger partial charge < -0.3 is 9.80 Å². The SMILES string of the molecule is Cc1ccc(-c2cc(C(=O)N3CC(C)N(CCCN(C)C)C(C)C3)nn2C)cc1. The van der Waals surface area contributed by atoms with Crippen LogP contribution in [0.15, 0.2) is 30.3 Å². The highest BCUT2D eigenvalue weighted by atomic mass is 16.2. The Balaban J connectivity index is 1.68. The number of amides is 1. The van der Waals surface area contributed by atoms with E-state index < -0.39 is 0 Å². The minimum atomic E-state index is 0.0330. The van der Waals surface area contributed by atoms with Gasteiger partial charge in [-0.15, -0.1) is 0 Å². The van der Waals surface area contributed by atoms with Crippen LogP contribution in [0.4, 0.5) is 0 Å². The van der Waals surface area contributed by atoms with Crippen LogP contribution in [0.1, 0.15) is 36.3 Å². The predicted octanol–water partition coefficient (Wildman–Crippen LogP) is 2.88. The average Bonchev–Trinajstić information content (AvgIpc) is 3.05. The largest absolute Gasteiger partial charge is 0.334 e. The normalized spacial score (nSPS) is 20.4. The Morgan fingerprint density at radius 2 is 1.76 bits per heavy atom. The first-order valence-corrected chi connectivity index (χ1v) is 10.6. The van der Waals surface area contributed by atoms with Crippen LogP contribution in [0.5, 0.6) is 0 Å². The van der Waals surface area contributed by atoms with E-state index in [0.29, 0.717) is 17.8 Å². The van der Waals surface area contributed by atoms with Crippen LogP contribution in [-0.2, 0) is 7.05 Å². The first-order valence-electron chi connectivity index (χ1n) is 10.6. The number of hydrogen-bond donors (Lipinski definition) is 0. The first-order chi connectivity index (χ1) is 13.8.